The lowest BCUT2D eigenvalue weighted by Gasteiger charge is -2.28. The Morgan fingerprint density at radius 2 is 1.38 bits per heavy atom. The van der Waals surface area contributed by atoms with E-state index in [9.17, 15) is 14.4 Å². The van der Waals surface area contributed by atoms with E-state index in [1.165, 1.54) is 20.2 Å². The fraction of sp³-hybridized carbons (Fsp3) is 0.0741. The van der Waals surface area contributed by atoms with Gasteiger partial charge >= 0.3 is 6.03 Å². The molecular weight excluding hydrogens is 430 g/mol. The molecule has 4 amide bonds. The normalized spacial score (nSPS) is 14.2. The lowest BCUT2D eigenvalue weighted by molar-refractivity contribution is -0.134. The predicted molar refractivity (Wildman–Crippen MR) is 130 cm³/mol. The molecule has 0 saturated carbocycles. The Labute approximate surface area is 196 Å². The van der Waals surface area contributed by atoms with Crippen molar-refractivity contribution in [3.8, 4) is 0 Å². The minimum Gasteiger partial charge on any atom is -0.440 e. The first kappa shape index (κ1) is 21.2. The van der Waals surface area contributed by atoms with Gasteiger partial charge in [-0.05, 0) is 35.7 Å². The molecule has 1 fully saturated rings. The summed E-state index contributed by atoms with van der Waals surface area (Å²) >= 11 is 0. The van der Waals surface area contributed by atoms with Crippen LogP contribution in [-0.2, 0) is 9.59 Å². The van der Waals surface area contributed by atoms with Gasteiger partial charge in [0.15, 0.2) is 0 Å². The number of amides is 4. The third-order valence-corrected chi connectivity index (χ3v) is 5.79. The number of carbonyl (C=O) groups is 3. The molecule has 4 aromatic rings. The standard InChI is InChI=1S/C27H21N3O4/c1-28-25(31)22(26(32)29(2)27(28)33)17-20-15-16-24(34-20)30(19-11-4-3-5-12-19)23-14-8-10-18-9-6-7-13-21(18)23/h3-17H,1-2H3. The highest BCUT2D eigenvalue weighted by atomic mass is 16.4. The van der Waals surface area contributed by atoms with Gasteiger partial charge in [-0.2, -0.15) is 0 Å². The number of likely N-dealkylation sites (N-methyl/N-ethyl adjacent to an activating group) is 2. The number of hydrogen-bond donors (Lipinski definition) is 0. The van der Waals surface area contributed by atoms with Crippen molar-refractivity contribution in [3.63, 3.8) is 0 Å². The number of hydrogen-bond acceptors (Lipinski definition) is 5. The molecule has 2 heterocycles. The number of carbonyl (C=O) groups excluding carboxylic acids is 3. The van der Waals surface area contributed by atoms with E-state index in [4.69, 9.17) is 4.42 Å². The topological polar surface area (TPSA) is 74.1 Å². The summed E-state index contributed by atoms with van der Waals surface area (Å²) in [6, 6.07) is 26.7. The van der Waals surface area contributed by atoms with E-state index in [0.717, 1.165) is 31.9 Å². The fourth-order valence-electron chi connectivity index (χ4n) is 4.02. The maximum atomic E-state index is 12.6. The maximum Gasteiger partial charge on any atom is 0.333 e. The van der Waals surface area contributed by atoms with E-state index in [1.54, 1.807) is 12.1 Å². The number of fused-ring (bicyclic) bond motifs is 1. The fourth-order valence-corrected chi connectivity index (χ4v) is 4.02. The second-order valence-electron chi connectivity index (χ2n) is 7.91. The third kappa shape index (κ3) is 3.53. The predicted octanol–water partition coefficient (Wildman–Crippen LogP) is 5.34. The van der Waals surface area contributed by atoms with Crippen LogP contribution in [0.15, 0.2) is 94.9 Å². The van der Waals surface area contributed by atoms with Crippen molar-refractivity contribution < 1.29 is 18.8 Å². The number of barbiturate groups is 1. The summed E-state index contributed by atoms with van der Waals surface area (Å²) in [5.74, 6) is -0.494. The molecule has 168 valence electrons. The van der Waals surface area contributed by atoms with E-state index >= 15 is 0 Å². The van der Waals surface area contributed by atoms with Gasteiger partial charge < -0.3 is 4.42 Å². The van der Waals surface area contributed by atoms with Gasteiger partial charge in [-0.15, -0.1) is 0 Å². The number of para-hydroxylation sites is 1. The van der Waals surface area contributed by atoms with Crippen molar-refractivity contribution in [1.29, 1.82) is 0 Å². The van der Waals surface area contributed by atoms with Gasteiger partial charge in [0.25, 0.3) is 11.8 Å². The van der Waals surface area contributed by atoms with Crippen molar-refractivity contribution in [2.24, 2.45) is 0 Å². The van der Waals surface area contributed by atoms with Crippen LogP contribution in [0.1, 0.15) is 5.76 Å². The summed E-state index contributed by atoms with van der Waals surface area (Å²) in [4.78, 5) is 40.9. The van der Waals surface area contributed by atoms with Crippen molar-refractivity contribution in [2.45, 2.75) is 0 Å². The lowest BCUT2D eigenvalue weighted by atomic mass is 10.1. The van der Waals surface area contributed by atoms with Crippen molar-refractivity contribution in [1.82, 2.24) is 9.80 Å². The van der Waals surface area contributed by atoms with E-state index in [2.05, 4.69) is 18.2 Å². The lowest BCUT2D eigenvalue weighted by Crippen LogP contribution is -2.52. The molecule has 1 saturated heterocycles. The number of benzene rings is 3. The maximum absolute atomic E-state index is 12.6. The summed E-state index contributed by atoms with van der Waals surface area (Å²) in [7, 11) is 2.68. The highest BCUT2D eigenvalue weighted by Crippen LogP contribution is 2.39. The molecule has 0 unspecified atom stereocenters. The van der Waals surface area contributed by atoms with E-state index < -0.39 is 17.8 Å². The number of rotatable bonds is 4. The average Bonchev–Trinajstić information content (AvgIpc) is 3.33. The largest absolute Gasteiger partial charge is 0.440 e. The van der Waals surface area contributed by atoms with Crippen molar-refractivity contribution in [2.75, 3.05) is 19.0 Å². The van der Waals surface area contributed by atoms with Gasteiger partial charge in [-0.1, -0.05) is 54.6 Å². The smallest absolute Gasteiger partial charge is 0.333 e. The first-order valence-electron chi connectivity index (χ1n) is 10.7. The quantitative estimate of drug-likeness (QED) is 0.309. The Morgan fingerprint density at radius 1 is 0.735 bits per heavy atom. The van der Waals surface area contributed by atoms with Gasteiger partial charge in [0.1, 0.15) is 11.3 Å². The summed E-state index contributed by atoms with van der Waals surface area (Å²) in [5.41, 5.74) is 1.68. The highest BCUT2D eigenvalue weighted by molar-refractivity contribution is 6.30. The van der Waals surface area contributed by atoms with Gasteiger partial charge in [0.05, 0.1) is 5.69 Å². The Bertz CT molecular complexity index is 1420. The van der Waals surface area contributed by atoms with Crippen LogP contribution in [0, 0.1) is 0 Å². The molecule has 1 aromatic heterocycles. The minimum atomic E-state index is -0.668. The number of furan rings is 1. The zero-order valence-electron chi connectivity index (χ0n) is 18.6. The number of nitrogens with zero attached hydrogens (tertiary/aromatic N) is 3. The molecule has 5 rings (SSSR count). The minimum absolute atomic E-state index is 0.137. The van der Waals surface area contributed by atoms with E-state index in [-0.39, 0.29) is 5.57 Å². The van der Waals surface area contributed by atoms with Crippen molar-refractivity contribution in [3.05, 3.63) is 96.3 Å². The summed E-state index contributed by atoms with van der Waals surface area (Å²) in [6.45, 7) is 0. The Kier molecular flexibility index (Phi) is 5.22. The van der Waals surface area contributed by atoms with Crippen LogP contribution in [-0.4, -0.2) is 41.7 Å². The van der Waals surface area contributed by atoms with E-state index in [0.29, 0.717) is 11.6 Å². The molecule has 7 heteroatoms. The molecule has 0 atom stereocenters. The molecule has 34 heavy (non-hydrogen) atoms. The molecule has 1 aliphatic rings. The van der Waals surface area contributed by atoms with Crippen LogP contribution in [0.5, 0.6) is 0 Å². The first-order chi connectivity index (χ1) is 16.5. The summed E-state index contributed by atoms with van der Waals surface area (Å²) in [5, 5.41) is 2.13. The van der Waals surface area contributed by atoms with Crippen LogP contribution in [0.3, 0.4) is 0 Å². The van der Waals surface area contributed by atoms with Gasteiger partial charge in [0.2, 0.25) is 5.88 Å². The molecule has 1 aliphatic heterocycles. The van der Waals surface area contributed by atoms with Gasteiger partial charge in [0, 0.05) is 31.2 Å². The molecule has 0 aliphatic carbocycles. The van der Waals surface area contributed by atoms with Crippen LogP contribution in [0.2, 0.25) is 0 Å². The zero-order chi connectivity index (χ0) is 23.8. The highest BCUT2D eigenvalue weighted by Gasteiger charge is 2.38. The zero-order valence-corrected chi connectivity index (χ0v) is 18.6. The van der Waals surface area contributed by atoms with Crippen LogP contribution < -0.4 is 4.90 Å². The van der Waals surface area contributed by atoms with Crippen LogP contribution in [0.4, 0.5) is 22.1 Å². The molecule has 0 bridgehead atoms. The monoisotopic (exact) mass is 451 g/mol. The summed E-state index contributed by atoms with van der Waals surface area (Å²) < 4.78 is 6.12. The second-order valence-corrected chi connectivity index (χ2v) is 7.91. The number of imide groups is 2. The Balaban J connectivity index is 1.61. The molecule has 3 aromatic carbocycles. The third-order valence-electron chi connectivity index (χ3n) is 5.79. The molecule has 0 spiro atoms. The molecular formula is C27H21N3O4. The summed E-state index contributed by atoms with van der Waals surface area (Å²) in [6.07, 6.45) is 1.37. The number of anilines is 3. The van der Waals surface area contributed by atoms with Crippen LogP contribution in [0.25, 0.3) is 16.8 Å². The average molecular weight is 451 g/mol. The Morgan fingerprint density at radius 3 is 2.12 bits per heavy atom. The second kappa shape index (κ2) is 8.37. The molecule has 7 nitrogen and oxygen atoms in total. The Hall–Kier alpha value is -4.65. The SMILES string of the molecule is CN1C(=O)C(=Cc2ccc(N(c3ccccc3)c3cccc4ccccc34)o2)C(=O)N(C)C1=O. The first-order valence-corrected chi connectivity index (χ1v) is 10.7. The molecule has 0 N–H and O–H groups in total. The van der Waals surface area contributed by atoms with Gasteiger partial charge in [-0.25, -0.2) is 4.79 Å². The van der Waals surface area contributed by atoms with Crippen LogP contribution >= 0.6 is 0 Å². The molecule has 0 radical (unpaired) electrons. The number of urea groups is 1. The van der Waals surface area contributed by atoms with Crippen molar-refractivity contribution >= 4 is 52.0 Å². The van der Waals surface area contributed by atoms with Gasteiger partial charge in [-0.3, -0.25) is 24.3 Å². The van der Waals surface area contributed by atoms with E-state index in [1.807, 2.05) is 59.5 Å².